The van der Waals surface area contributed by atoms with E-state index >= 15 is 0 Å². The number of hydrogen-bond donors (Lipinski definition) is 2. The Balaban J connectivity index is 1.84. The molecule has 0 aromatic heterocycles. The molecule has 0 aliphatic heterocycles. The molecule has 0 unspecified atom stereocenters. The summed E-state index contributed by atoms with van der Waals surface area (Å²) in [6.45, 7) is 8.05. The van der Waals surface area contributed by atoms with Crippen molar-refractivity contribution in [1.82, 2.24) is 5.32 Å². The van der Waals surface area contributed by atoms with E-state index in [0.717, 1.165) is 30.9 Å². The summed E-state index contributed by atoms with van der Waals surface area (Å²) in [4.78, 5) is 13.6. The van der Waals surface area contributed by atoms with Crippen LogP contribution in [0.5, 0.6) is 11.5 Å². The Hall–Kier alpha value is -2.53. The minimum absolute atomic E-state index is 0.00418. The smallest absolute Gasteiger partial charge is 0.258 e. The van der Waals surface area contributed by atoms with Crippen molar-refractivity contribution in [3.8, 4) is 11.5 Å². The van der Waals surface area contributed by atoms with Crippen LogP contribution in [0.25, 0.3) is 0 Å². The van der Waals surface area contributed by atoms with Gasteiger partial charge in [-0.25, -0.2) is 0 Å². The SMILES string of the molecule is CC[NH+](CC)Cc1ccccc1CNC(=O)COc1ccc(OC)cc1. The first-order valence-corrected chi connectivity index (χ1v) is 9.10. The highest BCUT2D eigenvalue weighted by Crippen LogP contribution is 2.16. The molecule has 0 atom stereocenters. The average molecular weight is 357 g/mol. The molecule has 26 heavy (non-hydrogen) atoms. The van der Waals surface area contributed by atoms with E-state index in [-0.39, 0.29) is 12.5 Å². The molecule has 1 amide bonds. The summed E-state index contributed by atoms with van der Waals surface area (Å²) in [7, 11) is 1.61. The van der Waals surface area contributed by atoms with Crippen molar-refractivity contribution in [2.24, 2.45) is 0 Å². The van der Waals surface area contributed by atoms with Crippen LogP contribution in [-0.2, 0) is 17.9 Å². The Kier molecular flexibility index (Phi) is 7.96. The van der Waals surface area contributed by atoms with Crippen LogP contribution in [0.1, 0.15) is 25.0 Å². The van der Waals surface area contributed by atoms with E-state index in [2.05, 4.69) is 37.4 Å². The van der Waals surface area contributed by atoms with E-state index in [9.17, 15) is 4.79 Å². The Morgan fingerprint density at radius 2 is 1.58 bits per heavy atom. The molecule has 140 valence electrons. The van der Waals surface area contributed by atoms with E-state index in [1.807, 2.05) is 6.07 Å². The summed E-state index contributed by atoms with van der Waals surface area (Å²) in [6, 6.07) is 15.5. The van der Waals surface area contributed by atoms with Gasteiger partial charge in [-0.2, -0.15) is 0 Å². The fraction of sp³-hybridized carbons (Fsp3) is 0.381. The molecule has 5 heteroatoms. The lowest BCUT2D eigenvalue weighted by Gasteiger charge is -2.18. The van der Waals surface area contributed by atoms with Gasteiger partial charge in [0, 0.05) is 12.1 Å². The molecule has 5 nitrogen and oxygen atoms in total. The molecule has 2 aromatic carbocycles. The van der Waals surface area contributed by atoms with Crippen LogP contribution in [-0.4, -0.2) is 32.7 Å². The lowest BCUT2D eigenvalue weighted by Crippen LogP contribution is -3.10. The van der Waals surface area contributed by atoms with Crippen LogP contribution in [0.4, 0.5) is 0 Å². The Bertz CT molecular complexity index is 682. The number of ether oxygens (including phenoxy) is 2. The number of amides is 1. The number of hydrogen-bond acceptors (Lipinski definition) is 3. The van der Waals surface area contributed by atoms with Crippen LogP contribution >= 0.6 is 0 Å². The Morgan fingerprint density at radius 3 is 2.19 bits per heavy atom. The summed E-state index contributed by atoms with van der Waals surface area (Å²) in [5.74, 6) is 1.27. The monoisotopic (exact) mass is 357 g/mol. The number of quaternary nitrogens is 1. The molecular weight excluding hydrogens is 328 g/mol. The van der Waals surface area contributed by atoms with Gasteiger partial charge in [0.1, 0.15) is 18.0 Å². The lowest BCUT2D eigenvalue weighted by atomic mass is 10.1. The second-order valence-electron chi connectivity index (χ2n) is 6.14. The van der Waals surface area contributed by atoms with Crippen molar-refractivity contribution in [1.29, 1.82) is 0 Å². The van der Waals surface area contributed by atoms with Gasteiger partial charge in [-0.05, 0) is 43.7 Å². The maximum atomic E-state index is 12.1. The van der Waals surface area contributed by atoms with Crippen LogP contribution in [0.15, 0.2) is 48.5 Å². The lowest BCUT2D eigenvalue weighted by molar-refractivity contribution is -0.910. The molecule has 0 aliphatic rings. The number of rotatable bonds is 10. The molecule has 0 bridgehead atoms. The van der Waals surface area contributed by atoms with Gasteiger partial charge in [0.15, 0.2) is 6.61 Å². The van der Waals surface area contributed by atoms with Gasteiger partial charge in [0.05, 0.1) is 20.2 Å². The third-order valence-corrected chi connectivity index (χ3v) is 4.46. The highest BCUT2D eigenvalue weighted by atomic mass is 16.5. The third-order valence-electron chi connectivity index (χ3n) is 4.46. The maximum absolute atomic E-state index is 12.1. The molecule has 0 heterocycles. The van der Waals surface area contributed by atoms with Crippen LogP contribution < -0.4 is 19.7 Å². The largest absolute Gasteiger partial charge is 0.497 e. The van der Waals surface area contributed by atoms with Gasteiger partial charge in [0.2, 0.25) is 0 Å². The van der Waals surface area contributed by atoms with Gasteiger partial charge in [-0.1, -0.05) is 24.3 Å². The van der Waals surface area contributed by atoms with Crippen molar-refractivity contribution >= 4 is 5.91 Å². The van der Waals surface area contributed by atoms with E-state index in [0.29, 0.717) is 12.3 Å². The molecule has 2 rings (SSSR count). The van der Waals surface area contributed by atoms with Crippen molar-refractivity contribution in [2.75, 3.05) is 26.8 Å². The molecule has 0 radical (unpaired) electrons. The minimum atomic E-state index is -0.134. The minimum Gasteiger partial charge on any atom is -0.497 e. The fourth-order valence-corrected chi connectivity index (χ4v) is 2.74. The highest BCUT2D eigenvalue weighted by Gasteiger charge is 2.10. The molecule has 0 saturated heterocycles. The van der Waals surface area contributed by atoms with Crippen molar-refractivity contribution in [3.05, 3.63) is 59.7 Å². The van der Waals surface area contributed by atoms with Crippen LogP contribution in [0, 0.1) is 0 Å². The number of carbonyl (C=O) groups excluding carboxylic acids is 1. The van der Waals surface area contributed by atoms with Crippen molar-refractivity contribution < 1.29 is 19.2 Å². The first-order valence-electron chi connectivity index (χ1n) is 9.10. The van der Waals surface area contributed by atoms with E-state index in [1.54, 1.807) is 31.4 Å². The standard InChI is InChI=1S/C21H28N2O3/c1-4-23(5-2)15-18-9-7-6-8-17(18)14-22-21(24)16-26-20-12-10-19(25-3)11-13-20/h6-13H,4-5,14-16H2,1-3H3,(H,22,24)/p+1. The summed E-state index contributed by atoms with van der Waals surface area (Å²) in [5.41, 5.74) is 2.44. The van der Waals surface area contributed by atoms with Gasteiger partial charge < -0.3 is 19.7 Å². The molecule has 2 aromatic rings. The zero-order valence-corrected chi connectivity index (χ0v) is 15.9. The zero-order chi connectivity index (χ0) is 18.8. The van der Waals surface area contributed by atoms with Crippen LogP contribution in [0.3, 0.4) is 0 Å². The number of methoxy groups -OCH3 is 1. The van der Waals surface area contributed by atoms with Crippen LogP contribution in [0.2, 0.25) is 0 Å². The predicted octanol–water partition coefficient (Wildman–Crippen LogP) is 1.82. The van der Waals surface area contributed by atoms with Gasteiger partial charge >= 0.3 is 0 Å². The second kappa shape index (κ2) is 10.5. The topological polar surface area (TPSA) is 52.0 Å². The Labute approximate surface area is 155 Å². The highest BCUT2D eigenvalue weighted by molar-refractivity contribution is 5.77. The number of nitrogens with one attached hydrogen (secondary N) is 2. The summed E-state index contributed by atoms with van der Waals surface area (Å²) < 4.78 is 10.6. The average Bonchev–Trinajstić information content (AvgIpc) is 2.70. The summed E-state index contributed by atoms with van der Waals surface area (Å²) in [5, 5.41) is 2.94. The molecule has 0 fully saturated rings. The first kappa shape index (κ1) is 19.8. The van der Waals surface area contributed by atoms with E-state index in [1.165, 1.54) is 10.5 Å². The molecule has 0 spiro atoms. The van der Waals surface area contributed by atoms with Gasteiger partial charge in [0.25, 0.3) is 5.91 Å². The molecule has 2 N–H and O–H groups in total. The van der Waals surface area contributed by atoms with E-state index in [4.69, 9.17) is 9.47 Å². The predicted molar refractivity (Wildman–Crippen MR) is 103 cm³/mol. The summed E-state index contributed by atoms with van der Waals surface area (Å²) >= 11 is 0. The second-order valence-corrected chi connectivity index (χ2v) is 6.14. The number of carbonyl (C=O) groups is 1. The first-order chi connectivity index (χ1) is 12.7. The Morgan fingerprint density at radius 1 is 0.962 bits per heavy atom. The zero-order valence-electron chi connectivity index (χ0n) is 15.9. The quantitative estimate of drug-likeness (QED) is 0.682. The fourth-order valence-electron chi connectivity index (χ4n) is 2.74. The van der Waals surface area contributed by atoms with E-state index < -0.39 is 0 Å². The maximum Gasteiger partial charge on any atom is 0.258 e. The molecule has 0 aliphatic carbocycles. The third kappa shape index (κ3) is 6.08. The van der Waals surface area contributed by atoms with Gasteiger partial charge in [-0.15, -0.1) is 0 Å². The molecule has 0 saturated carbocycles. The summed E-state index contributed by atoms with van der Waals surface area (Å²) in [6.07, 6.45) is 0. The normalized spacial score (nSPS) is 10.6. The van der Waals surface area contributed by atoms with Crippen molar-refractivity contribution in [2.45, 2.75) is 26.9 Å². The molecular formula is C21H29N2O3+. The number of benzene rings is 2. The van der Waals surface area contributed by atoms with Crippen molar-refractivity contribution in [3.63, 3.8) is 0 Å². The van der Waals surface area contributed by atoms with Gasteiger partial charge in [-0.3, -0.25) is 4.79 Å².